The summed E-state index contributed by atoms with van der Waals surface area (Å²) >= 11 is 0. The van der Waals surface area contributed by atoms with Crippen LogP contribution in [0, 0.1) is 12.3 Å². The van der Waals surface area contributed by atoms with E-state index < -0.39 is 24.3 Å². The minimum absolute atomic E-state index is 0.147. The Balaban J connectivity index is 2.07. The van der Waals surface area contributed by atoms with Crippen LogP contribution < -0.4 is 0 Å². The van der Waals surface area contributed by atoms with Gasteiger partial charge in [-0.15, -0.1) is 6.42 Å². The van der Waals surface area contributed by atoms with Crippen LogP contribution in [0.5, 0.6) is 0 Å². The van der Waals surface area contributed by atoms with Gasteiger partial charge in [0.1, 0.15) is 18.8 Å². The lowest BCUT2D eigenvalue weighted by Gasteiger charge is -2.24. The molecule has 0 aliphatic carbocycles. The van der Waals surface area contributed by atoms with E-state index >= 15 is 0 Å². The Hall–Kier alpha value is -1.29. The number of hydrogen-bond donors (Lipinski definition) is 0. The number of rotatable bonds is 4. The Morgan fingerprint density at radius 3 is 2.94 bits per heavy atom. The first kappa shape index (κ1) is 13.1. The van der Waals surface area contributed by atoms with Gasteiger partial charge >= 0.3 is 0 Å². The Bertz CT molecular complexity index is 400. The van der Waals surface area contributed by atoms with E-state index in [1.807, 2.05) is 0 Å². The summed E-state index contributed by atoms with van der Waals surface area (Å²) in [5, 5.41) is 3.49. The van der Waals surface area contributed by atoms with Crippen LogP contribution in [0.25, 0.3) is 10.4 Å². The number of azide groups is 1. The highest BCUT2D eigenvalue weighted by atomic mass is 16.8. The Kier molecular flexibility index (Phi) is 3.76. The van der Waals surface area contributed by atoms with Gasteiger partial charge in [-0.05, 0) is 19.4 Å². The SMILES string of the molecule is C#CCO[C@@H]1[C@H]2OC(C)(C)O[C@H]2O[C@@H]1CN=[N+]=[N-]. The molecule has 18 heavy (non-hydrogen) atoms. The number of ether oxygens (including phenoxy) is 4. The minimum atomic E-state index is -0.712. The van der Waals surface area contributed by atoms with E-state index in [1.54, 1.807) is 13.8 Å². The van der Waals surface area contributed by atoms with Gasteiger partial charge in [-0.2, -0.15) is 0 Å². The number of nitrogens with zero attached hydrogens (tertiary/aromatic N) is 3. The Morgan fingerprint density at radius 1 is 1.50 bits per heavy atom. The molecular weight excluding hydrogens is 238 g/mol. The molecule has 0 N–H and O–H groups in total. The van der Waals surface area contributed by atoms with E-state index in [4.69, 9.17) is 30.9 Å². The highest BCUT2D eigenvalue weighted by Crippen LogP contribution is 2.38. The van der Waals surface area contributed by atoms with Crippen LogP contribution in [0.3, 0.4) is 0 Å². The zero-order chi connectivity index (χ0) is 13.2. The molecule has 2 aliphatic rings. The number of hydrogen-bond acceptors (Lipinski definition) is 5. The van der Waals surface area contributed by atoms with E-state index in [9.17, 15) is 0 Å². The van der Waals surface area contributed by atoms with Crippen LogP contribution >= 0.6 is 0 Å². The van der Waals surface area contributed by atoms with Crippen LogP contribution in [0.1, 0.15) is 13.8 Å². The molecule has 4 atom stereocenters. The third kappa shape index (κ3) is 2.58. The van der Waals surface area contributed by atoms with Gasteiger partial charge in [0.05, 0.1) is 12.6 Å². The third-order valence-corrected chi connectivity index (χ3v) is 2.77. The smallest absolute Gasteiger partial charge is 0.190 e. The van der Waals surface area contributed by atoms with Crippen molar-refractivity contribution < 1.29 is 18.9 Å². The summed E-state index contributed by atoms with van der Waals surface area (Å²) < 4.78 is 22.4. The summed E-state index contributed by atoms with van der Waals surface area (Å²) in [6, 6.07) is 0. The summed E-state index contributed by atoms with van der Waals surface area (Å²) in [4.78, 5) is 2.70. The van der Waals surface area contributed by atoms with Gasteiger partial charge in [-0.25, -0.2) is 0 Å². The topological polar surface area (TPSA) is 85.7 Å². The first-order chi connectivity index (χ1) is 8.57. The summed E-state index contributed by atoms with van der Waals surface area (Å²) in [6.07, 6.45) is 3.51. The molecule has 0 amide bonds. The third-order valence-electron chi connectivity index (χ3n) is 2.77. The molecule has 7 heteroatoms. The van der Waals surface area contributed by atoms with E-state index in [1.165, 1.54) is 0 Å². The fourth-order valence-corrected chi connectivity index (χ4v) is 2.16. The van der Waals surface area contributed by atoms with Crippen molar-refractivity contribution >= 4 is 0 Å². The molecule has 0 radical (unpaired) electrons. The predicted molar refractivity (Wildman–Crippen MR) is 61.3 cm³/mol. The highest BCUT2D eigenvalue weighted by molar-refractivity contribution is 4.96. The molecule has 0 bridgehead atoms. The van der Waals surface area contributed by atoms with Gasteiger partial charge < -0.3 is 18.9 Å². The molecule has 0 aromatic carbocycles. The van der Waals surface area contributed by atoms with E-state index in [0.717, 1.165) is 0 Å². The van der Waals surface area contributed by atoms with Crippen molar-refractivity contribution in [3.05, 3.63) is 10.4 Å². The Labute approximate surface area is 105 Å². The van der Waals surface area contributed by atoms with Crippen molar-refractivity contribution in [3.63, 3.8) is 0 Å². The van der Waals surface area contributed by atoms with Crippen molar-refractivity contribution in [2.24, 2.45) is 5.11 Å². The molecule has 2 aliphatic heterocycles. The van der Waals surface area contributed by atoms with Crippen molar-refractivity contribution in [1.82, 2.24) is 0 Å². The molecule has 0 aromatic rings. The van der Waals surface area contributed by atoms with Gasteiger partial charge in [-0.1, -0.05) is 11.0 Å². The monoisotopic (exact) mass is 253 g/mol. The molecule has 2 fully saturated rings. The molecule has 2 saturated heterocycles. The maximum atomic E-state index is 8.34. The molecule has 0 saturated carbocycles. The lowest BCUT2D eigenvalue weighted by Crippen LogP contribution is -2.38. The van der Waals surface area contributed by atoms with E-state index in [-0.39, 0.29) is 19.3 Å². The van der Waals surface area contributed by atoms with Gasteiger partial charge in [0, 0.05) is 4.91 Å². The van der Waals surface area contributed by atoms with Crippen molar-refractivity contribution in [3.8, 4) is 12.3 Å². The number of fused-ring (bicyclic) bond motifs is 1. The van der Waals surface area contributed by atoms with Gasteiger partial charge in [0.2, 0.25) is 0 Å². The van der Waals surface area contributed by atoms with Crippen molar-refractivity contribution in [1.29, 1.82) is 0 Å². The fraction of sp³-hybridized carbons (Fsp3) is 0.818. The molecular formula is C11H15N3O4. The van der Waals surface area contributed by atoms with Crippen molar-refractivity contribution in [2.75, 3.05) is 13.2 Å². The molecule has 98 valence electrons. The fourth-order valence-electron chi connectivity index (χ4n) is 2.16. The standard InChI is InChI=1S/C11H15N3O4/c1-4-5-15-8-7(6-13-14-12)16-10-9(8)17-11(2,3)18-10/h1,7-10H,5-6H2,2-3H3/t7-,8+,9-,10-/m1/s1. The summed E-state index contributed by atoms with van der Waals surface area (Å²) in [7, 11) is 0. The van der Waals surface area contributed by atoms with E-state index in [2.05, 4.69) is 15.9 Å². The van der Waals surface area contributed by atoms with Crippen LogP contribution in [0.2, 0.25) is 0 Å². The molecule has 7 nitrogen and oxygen atoms in total. The second-order valence-corrected chi connectivity index (χ2v) is 4.54. The second-order valence-electron chi connectivity index (χ2n) is 4.54. The number of terminal acetylenes is 1. The van der Waals surface area contributed by atoms with Crippen molar-refractivity contribution in [2.45, 2.75) is 44.2 Å². The largest absolute Gasteiger partial charge is 0.360 e. The second kappa shape index (κ2) is 5.14. The zero-order valence-electron chi connectivity index (χ0n) is 10.3. The lowest BCUT2D eigenvalue weighted by atomic mass is 10.1. The van der Waals surface area contributed by atoms with Crippen LogP contribution in [0.15, 0.2) is 5.11 Å². The summed E-state index contributed by atoms with van der Waals surface area (Å²) in [6.45, 7) is 3.91. The molecule has 0 aromatic heterocycles. The predicted octanol–water partition coefficient (Wildman–Crippen LogP) is 1.19. The van der Waals surface area contributed by atoms with Crippen LogP contribution in [-0.2, 0) is 18.9 Å². The molecule has 2 rings (SSSR count). The summed E-state index contributed by atoms with van der Waals surface area (Å²) in [5.41, 5.74) is 8.34. The lowest BCUT2D eigenvalue weighted by molar-refractivity contribution is -0.216. The normalized spacial score (nSPS) is 36.7. The Morgan fingerprint density at radius 2 is 2.28 bits per heavy atom. The summed E-state index contributed by atoms with van der Waals surface area (Å²) in [5.74, 6) is 1.68. The average molecular weight is 253 g/mol. The highest BCUT2D eigenvalue weighted by Gasteiger charge is 2.55. The maximum Gasteiger partial charge on any atom is 0.190 e. The van der Waals surface area contributed by atoms with Crippen LogP contribution in [0.4, 0.5) is 0 Å². The van der Waals surface area contributed by atoms with Gasteiger partial charge in [-0.3, -0.25) is 0 Å². The first-order valence-corrected chi connectivity index (χ1v) is 5.64. The molecule has 0 unspecified atom stereocenters. The first-order valence-electron chi connectivity index (χ1n) is 5.64. The van der Waals surface area contributed by atoms with E-state index in [0.29, 0.717) is 0 Å². The zero-order valence-corrected chi connectivity index (χ0v) is 10.3. The minimum Gasteiger partial charge on any atom is -0.360 e. The quantitative estimate of drug-likeness (QED) is 0.326. The molecule has 2 heterocycles. The maximum absolute atomic E-state index is 8.34. The average Bonchev–Trinajstić information content (AvgIpc) is 2.76. The van der Waals surface area contributed by atoms with Crippen LogP contribution in [-0.4, -0.2) is 43.5 Å². The molecule has 0 spiro atoms. The van der Waals surface area contributed by atoms with Gasteiger partial charge in [0.15, 0.2) is 12.1 Å². The van der Waals surface area contributed by atoms with Gasteiger partial charge in [0.25, 0.3) is 0 Å².